The summed E-state index contributed by atoms with van der Waals surface area (Å²) in [6, 6.07) is 4.39. The minimum absolute atomic E-state index is 0.272. The molecule has 0 atom stereocenters. The molecule has 14 heavy (non-hydrogen) atoms. The van der Waals surface area contributed by atoms with E-state index < -0.39 is 0 Å². The molecular formula is C12H11FO. The predicted octanol–water partition coefficient (Wildman–Crippen LogP) is 2.60. The van der Waals surface area contributed by atoms with Crippen molar-refractivity contribution in [1.29, 1.82) is 0 Å². The second-order valence-electron chi connectivity index (χ2n) is 3.39. The van der Waals surface area contributed by atoms with Gasteiger partial charge in [0.15, 0.2) is 0 Å². The monoisotopic (exact) mass is 190 g/mol. The Kier molecular flexibility index (Phi) is 2.41. The lowest BCUT2D eigenvalue weighted by molar-refractivity contribution is 0.412. The van der Waals surface area contributed by atoms with Crippen molar-refractivity contribution in [1.82, 2.24) is 0 Å². The van der Waals surface area contributed by atoms with Crippen molar-refractivity contribution in [3.8, 4) is 17.6 Å². The van der Waals surface area contributed by atoms with Crippen molar-refractivity contribution >= 4 is 0 Å². The van der Waals surface area contributed by atoms with Crippen LogP contribution in [0, 0.1) is 23.6 Å². The Balaban J connectivity index is 2.29. The van der Waals surface area contributed by atoms with Gasteiger partial charge in [0.2, 0.25) is 0 Å². The highest BCUT2D eigenvalue weighted by Gasteiger charge is 2.17. The zero-order valence-corrected chi connectivity index (χ0v) is 8.01. The first kappa shape index (κ1) is 9.08. The fourth-order valence-corrected chi connectivity index (χ4v) is 1.19. The number of hydrogen-bond acceptors (Lipinski definition) is 1. The van der Waals surface area contributed by atoms with Crippen LogP contribution in [-0.4, -0.2) is 7.11 Å². The maximum Gasteiger partial charge on any atom is 0.134 e. The number of ether oxygens (including phenoxy) is 1. The van der Waals surface area contributed by atoms with Crippen LogP contribution >= 0.6 is 0 Å². The van der Waals surface area contributed by atoms with E-state index in [4.69, 9.17) is 4.74 Å². The first-order valence-corrected chi connectivity index (χ1v) is 4.64. The molecule has 2 heteroatoms. The third-order valence-corrected chi connectivity index (χ3v) is 2.15. The minimum atomic E-state index is -0.272. The summed E-state index contributed by atoms with van der Waals surface area (Å²) in [5.41, 5.74) is 0.638. The summed E-state index contributed by atoms with van der Waals surface area (Å²) in [6.07, 6.45) is 2.34. The topological polar surface area (TPSA) is 9.23 Å². The molecule has 1 aliphatic rings. The molecule has 0 spiro atoms. The minimum Gasteiger partial charge on any atom is -0.495 e. The van der Waals surface area contributed by atoms with Gasteiger partial charge in [-0.3, -0.25) is 0 Å². The van der Waals surface area contributed by atoms with Crippen molar-refractivity contribution in [2.45, 2.75) is 12.8 Å². The Morgan fingerprint density at radius 3 is 2.86 bits per heavy atom. The van der Waals surface area contributed by atoms with Gasteiger partial charge in [-0.05, 0) is 31.0 Å². The molecule has 1 aromatic carbocycles. The number of halogens is 1. The van der Waals surface area contributed by atoms with Gasteiger partial charge in [-0.2, -0.15) is 0 Å². The van der Waals surface area contributed by atoms with E-state index >= 15 is 0 Å². The average Bonchev–Trinajstić information content (AvgIpc) is 2.98. The van der Waals surface area contributed by atoms with Gasteiger partial charge in [0.1, 0.15) is 11.6 Å². The Hall–Kier alpha value is -1.49. The van der Waals surface area contributed by atoms with Crippen LogP contribution in [0.2, 0.25) is 0 Å². The van der Waals surface area contributed by atoms with Gasteiger partial charge in [0.25, 0.3) is 0 Å². The largest absolute Gasteiger partial charge is 0.495 e. The lowest BCUT2D eigenvalue weighted by Gasteiger charge is -2.01. The fourth-order valence-electron chi connectivity index (χ4n) is 1.19. The maximum atomic E-state index is 12.9. The maximum absolute atomic E-state index is 12.9. The molecule has 2 rings (SSSR count). The highest BCUT2D eigenvalue weighted by atomic mass is 19.1. The van der Waals surface area contributed by atoms with E-state index in [9.17, 15) is 4.39 Å². The lowest BCUT2D eigenvalue weighted by atomic mass is 10.2. The quantitative estimate of drug-likeness (QED) is 0.618. The molecule has 1 fully saturated rings. The predicted molar refractivity (Wildman–Crippen MR) is 52.6 cm³/mol. The van der Waals surface area contributed by atoms with Crippen LogP contribution in [0.4, 0.5) is 4.39 Å². The summed E-state index contributed by atoms with van der Waals surface area (Å²) in [5.74, 6) is 6.91. The zero-order valence-electron chi connectivity index (χ0n) is 8.01. The standard InChI is InChI=1S/C12H11FO/c1-14-12-7-6-11(13)8-10(12)5-4-9-2-3-9/h6-9H,2-3H2,1H3. The molecule has 0 radical (unpaired) electrons. The molecule has 72 valence electrons. The summed E-state index contributed by atoms with van der Waals surface area (Å²) < 4.78 is 18.0. The van der Waals surface area contributed by atoms with Crippen LogP contribution < -0.4 is 4.74 Å². The summed E-state index contributed by atoms with van der Waals surface area (Å²) >= 11 is 0. The molecule has 0 aliphatic heterocycles. The third kappa shape index (κ3) is 2.05. The van der Waals surface area contributed by atoms with Crippen LogP contribution in [0.25, 0.3) is 0 Å². The molecule has 1 nitrogen and oxygen atoms in total. The van der Waals surface area contributed by atoms with Crippen LogP contribution in [-0.2, 0) is 0 Å². The highest BCUT2D eigenvalue weighted by molar-refractivity contribution is 5.46. The number of rotatable bonds is 1. The van der Waals surface area contributed by atoms with Gasteiger partial charge >= 0.3 is 0 Å². The fraction of sp³-hybridized carbons (Fsp3) is 0.333. The summed E-state index contributed by atoms with van der Waals surface area (Å²) in [6.45, 7) is 0. The van der Waals surface area contributed by atoms with E-state index in [0.717, 1.165) is 0 Å². The second-order valence-corrected chi connectivity index (χ2v) is 3.39. The van der Waals surface area contributed by atoms with Crippen molar-refractivity contribution < 1.29 is 9.13 Å². The molecule has 1 aromatic rings. The third-order valence-electron chi connectivity index (χ3n) is 2.15. The van der Waals surface area contributed by atoms with E-state index in [-0.39, 0.29) is 5.82 Å². The molecule has 0 N–H and O–H groups in total. The molecular weight excluding hydrogens is 179 g/mol. The Labute approximate surface area is 82.9 Å². The SMILES string of the molecule is COc1ccc(F)cc1C#CC1CC1. The van der Waals surface area contributed by atoms with Gasteiger partial charge in [-0.25, -0.2) is 4.39 Å². The van der Waals surface area contributed by atoms with Crippen LogP contribution in [0.1, 0.15) is 18.4 Å². The van der Waals surface area contributed by atoms with Gasteiger partial charge < -0.3 is 4.74 Å². The molecule has 0 heterocycles. The smallest absolute Gasteiger partial charge is 0.134 e. The van der Waals surface area contributed by atoms with E-state index in [1.54, 1.807) is 13.2 Å². The molecule has 0 aromatic heterocycles. The highest BCUT2D eigenvalue weighted by Crippen LogP contribution is 2.28. The van der Waals surface area contributed by atoms with Gasteiger partial charge in [-0.1, -0.05) is 11.8 Å². The summed E-state index contributed by atoms with van der Waals surface area (Å²) in [7, 11) is 1.57. The number of hydrogen-bond donors (Lipinski definition) is 0. The van der Waals surface area contributed by atoms with Gasteiger partial charge in [0.05, 0.1) is 12.7 Å². The van der Waals surface area contributed by atoms with Gasteiger partial charge in [-0.15, -0.1) is 0 Å². The zero-order chi connectivity index (χ0) is 9.97. The molecule has 1 saturated carbocycles. The molecule has 0 saturated heterocycles. The van der Waals surface area contributed by atoms with E-state index in [1.165, 1.54) is 25.0 Å². The average molecular weight is 190 g/mol. The van der Waals surface area contributed by atoms with E-state index in [0.29, 0.717) is 17.2 Å². The van der Waals surface area contributed by atoms with Crippen molar-refractivity contribution in [3.63, 3.8) is 0 Å². The van der Waals surface area contributed by atoms with Crippen molar-refractivity contribution in [2.24, 2.45) is 5.92 Å². The second kappa shape index (κ2) is 3.71. The first-order valence-electron chi connectivity index (χ1n) is 4.64. The molecule has 1 aliphatic carbocycles. The normalized spacial score (nSPS) is 14.4. The van der Waals surface area contributed by atoms with Crippen LogP contribution in [0.15, 0.2) is 18.2 Å². The van der Waals surface area contributed by atoms with Gasteiger partial charge in [0, 0.05) is 5.92 Å². The lowest BCUT2D eigenvalue weighted by Crippen LogP contribution is -1.88. The van der Waals surface area contributed by atoms with Crippen LogP contribution in [0.5, 0.6) is 5.75 Å². The van der Waals surface area contributed by atoms with Crippen LogP contribution in [0.3, 0.4) is 0 Å². The molecule has 0 unspecified atom stereocenters. The summed E-state index contributed by atoms with van der Waals surface area (Å²) in [4.78, 5) is 0. The van der Waals surface area contributed by atoms with E-state index in [1.807, 2.05) is 0 Å². The number of methoxy groups -OCH3 is 1. The Bertz CT molecular complexity index is 397. The Morgan fingerprint density at radius 2 is 2.21 bits per heavy atom. The Morgan fingerprint density at radius 1 is 1.43 bits per heavy atom. The van der Waals surface area contributed by atoms with Crippen molar-refractivity contribution in [2.75, 3.05) is 7.11 Å². The summed E-state index contributed by atoms with van der Waals surface area (Å²) in [5, 5.41) is 0. The molecule has 0 bridgehead atoms. The van der Waals surface area contributed by atoms with E-state index in [2.05, 4.69) is 11.8 Å². The number of benzene rings is 1. The molecule has 0 amide bonds. The van der Waals surface area contributed by atoms with Crippen molar-refractivity contribution in [3.05, 3.63) is 29.6 Å². The first-order chi connectivity index (χ1) is 6.79.